The van der Waals surface area contributed by atoms with E-state index in [9.17, 15) is 9.90 Å². The van der Waals surface area contributed by atoms with Crippen molar-refractivity contribution in [3.63, 3.8) is 0 Å². The average molecular weight is 565 g/mol. The average Bonchev–Trinajstić information content (AvgIpc) is 3.33. The number of unbranched alkanes of at least 4 members (excludes halogenated alkanes) is 2. The normalized spacial score (nSPS) is 30.4. The van der Waals surface area contributed by atoms with E-state index in [0.717, 1.165) is 81.8 Å². The predicted octanol–water partition coefficient (Wildman–Crippen LogP) is 6.76. The molecule has 6 nitrogen and oxygen atoms in total. The minimum atomic E-state index is -0.189. The van der Waals surface area contributed by atoms with Crippen molar-refractivity contribution in [2.24, 2.45) is 11.8 Å². The molecule has 6 heteroatoms. The van der Waals surface area contributed by atoms with Gasteiger partial charge in [-0.2, -0.15) is 0 Å². The number of amides is 1. The molecule has 2 bridgehead atoms. The molecular formula is C35H52N2O4. The Morgan fingerprint density at radius 3 is 2.80 bits per heavy atom. The van der Waals surface area contributed by atoms with Crippen LogP contribution in [-0.2, 0) is 16.6 Å². The number of rotatable bonds is 12. The summed E-state index contributed by atoms with van der Waals surface area (Å²) in [5, 5.41) is 11.2. The maximum absolute atomic E-state index is 14.0. The number of methoxy groups -OCH3 is 1. The molecule has 3 fully saturated rings. The molecule has 5 aliphatic rings. The molecule has 1 aromatic rings. The summed E-state index contributed by atoms with van der Waals surface area (Å²) < 4.78 is 12.8. The lowest BCUT2D eigenvalue weighted by molar-refractivity contribution is -0.142. The first-order valence-corrected chi connectivity index (χ1v) is 16.8. The number of nitrogens with zero attached hydrogens (tertiary/aromatic N) is 2. The standard InChI is InChI=1S/C35H52N2O4/c1-4-6-20-37(31(39)15-11-10-14-24-12-8-7-9-13-24)27-17-16-26-28-22-25-29(38)23-30(40-3)33-32(25)35(26,34(27)41-33)18-21-36(28)19-5-2/h5,23-24,26-28,34,38H,2,4,6-22H2,1,3H3/t26-,27+,28+,34-,35-/m0/s1. The molecule has 2 aliphatic heterocycles. The number of aromatic hydroxyl groups is 1. The number of hydrogen-bond donors (Lipinski definition) is 1. The molecule has 3 aliphatic carbocycles. The number of likely N-dealkylation sites (tertiary alicyclic amines) is 1. The Bertz CT molecular complexity index is 1110. The molecular weight excluding hydrogens is 512 g/mol. The summed E-state index contributed by atoms with van der Waals surface area (Å²) in [6, 6.07) is 2.16. The van der Waals surface area contributed by atoms with Crippen LogP contribution in [0.3, 0.4) is 0 Å². The summed E-state index contributed by atoms with van der Waals surface area (Å²) in [5.41, 5.74) is 2.04. The second-order valence-corrected chi connectivity index (χ2v) is 13.6. The lowest BCUT2D eigenvalue weighted by atomic mass is 9.50. The maximum atomic E-state index is 14.0. The highest BCUT2D eigenvalue weighted by atomic mass is 16.5. The fourth-order valence-electron chi connectivity index (χ4n) is 9.65. The molecule has 1 N–H and O–H groups in total. The van der Waals surface area contributed by atoms with E-state index < -0.39 is 0 Å². The summed E-state index contributed by atoms with van der Waals surface area (Å²) in [6.07, 6.45) is 18.9. The van der Waals surface area contributed by atoms with Crippen LogP contribution < -0.4 is 9.47 Å². The van der Waals surface area contributed by atoms with Gasteiger partial charge < -0.3 is 19.5 Å². The van der Waals surface area contributed by atoms with E-state index in [1.54, 1.807) is 13.2 Å². The van der Waals surface area contributed by atoms with Crippen molar-refractivity contribution >= 4 is 5.91 Å². The van der Waals surface area contributed by atoms with Crippen LogP contribution in [0.15, 0.2) is 18.7 Å². The van der Waals surface area contributed by atoms with Crippen LogP contribution in [0.4, 0.5) is 0 Å². The van der Waals surface area contributed by atoms with Gasteiger partial charge in [0.15, 0.2) is 11.5 Å². The van der Waals surface area contributed by atoms with Gasteiger partial charge in [-0.15, -0.1) is 6.58 Å². The van der Waals surface area contributed by atoms with E-state index in [1.807, 2.05) is 6.08 Å². The van der Waals surface area contributed by atoms with Gasteiger partial charge in [0.05, 0.1) is 13.2 Å². The van der Waals surface area contributed by atoms with E-state index in [-0.39, 0.29) is 17.6 Å². The summed E-state index contributed by atoms with van der Waals surface area (Å²) in [6.45, 7) is 8.91. The van der Waals surface area contributed by atoms with Crippen LogP contribution in [0.25, 0.3) is 0 Å². The number of phenolic OH excluding ortho intramolecular Hbond substituents is 1. The van der Waals surface area contributed by atoms with E-state index >= 15 is 0 Å². The van der Waals surface area contributed by atoms with Crippen molar-refractivity contribution in [1.29, 1.82) is 0 Å². The second kappa shape index (κ2) is 12.2. The zero-order valence-electron chi connectivity index (χ0n) is 25.5. The van der Waals surface area contributed by atoms with Crippen LogP contribution in [0, 0.1) is 11.8 Å². The van der Waals surface area contributed by atoms with Crippen LogP contribution >= 0.6 is 0 Å². The molecule has 226 valence electrons. The highest BCUT2D eigenvalue weighted by molar-refractivity contribution is 5.77. The third-order valence-corrected chi connectivity index (χ3v) is 11.5. The smallest absolute Gasteiger partial charge is 0.222 e. The van der Waals surface area contributed by atoms with E-state index in [0.29, 0.717) is 35.8 Å². The number of piperidine rings is 1. The topological polar surface area (TPSA) is 62.2 Å². The van der Waals surface area contributed by atoms with Crippen molar-refractivity contribution in [3.05, 3.63) is 29.8 Å². The highest BCUT2D eigenvalue weighted by Gasteiger charge is 2.67. The number of phenols is 1. The van der Waals surface area contributed by atoms with E-state index in [4.69, 9.17) is 9.47 Å². The first kappa shape index (κ1) is 28.9. The summed E-state index contributed by atoms with van der Waals surface area (Å²) in [5.74, 6) is 3.41. The minimum Gasteiger partial charge on any atom is -0.508 e. The van der Waals surface area contributed by atoms with Crippen molar-refractivity contribution in [2.75, 3.05) is 26.7 Å². The summed E-state index contributed by atoms with van der Waals surface area (Å²) in [4.78, 5) is 18.8. The Balaban J connectivity index is 1.28. The van der Waals surface area contributed by atoms with Gasteiger partial charge in [0, 0.05) is 48.2 Å². The Kier molecular flexibility index (Phi) is 8.59. The third kappa shape index (κ3) is 4.96. The molecule has 6 rings (SSSR count). The van der Waals surface area contributed by atoms with E-state index in [1.165, 1.54) is 50.5 Å². The highest BCUT2D eigenvalue weighted by Crippen LogP contribution is 2.65. The Morgan fingerprint density at radius 2 is 2.05 bits per heavy atom. The number of ether oxygens (including phenoxy) is 2. The van der Waals surface area contributed by atoms with Crippen LogP contribution in [0.5, 0.6) is 17.2 Å². The van der Waals surface area contributed by atoms with Gasteiger partial charge in [0.1, 0.15) is 11.9 Å². The van der Waals surface area contributed by atoms with Gasteiger partial charge in [-0.25, -0.2) is 0 Å². The Hall–Kier alpha value is -2.21. The Morgan fingerprint density at radius 1 is 1.22 bits per heavy atom. The van der Waals surface area contributed by atoms with Gasteiger partial charge in [-0.05, 0) is 56.9 Å². The zero-order valence-corrected chi connectivity index (χ0v) is 25.5. The maximum Gasteiger partial charge on any atom is 0.222 e. The molecule has 5 atom stereocenters. The molecule has 41 heavy (non-hydrogen) atoms. The fraction of sp³-hybridized carbons (Fsp3) is 0.743. The van der Waals surface area contributed by atoms with Gasteiger partial charge in [-0.3, -0.25) is 9.69 Å². The number of benzene rings is 1. The molecule has 0 radical (unpaired) electrons. The fourth-order valence-corrected chi connectivity index (χ4v) is 9.65. The molecule has 1 saturated heterocycles. The number of carbonyl (C=O) groups excluding carboxylic acids is 1. The number of hydrogen-bond acceptors (Lipinski definition) is 5. The minimum absolute atomic E-state index is 0.0560. The molecule has 2 saturated carbocycles. The SMILES string of the molecule is C=CCN1CC[C@]23c4c5c(O)cc(OC)c4O[C@H]2[C@H](N(CCCC)C(=O)CCCCC2CCCCC2)CC[C@H]3[C@H]1C5. The van der Waals surface area contributed by atoms with Crippen molar-refractivity contribution in [1.82, 2.24) is 9.80 Å². The van der Waals surface area contributed by atoms with Crippen molar-refractivity contribution < 1.29 is 19.4 Å². The van der Waals surface area contributed by atoms with Gasteiger partial charge in [0.25, 0.3) is 0 Å². The van der Waals surface area contributed by atoms with Crippen LogP contribution in [0.1, 0.15) is 108 Å². The number of carbonyl (C=O) groups is 1. The lowest BCUT2D eigenvalue weighted by Crippen LogP contribution is -2.69. The predicted molar refractivity (Wildman–Crippen MR) is 163 cm³/mol. The lowest BCUT2D eigenvalue weighted by Gasteiger charge is -2.60. The second-order valence-electron chi connectivity index (χ2n) is 13.6. The van der Waals surface area contributed by atoms with Crippen LogP contribution in [-0.4, -0.2) is 65.7 Å². The zero-order chi connectivity index (χ0) is 28.6. The summed E-state index contributed by atoms with van der Waals surface area (Å²) >= 11 is 0. The van der Waals surface area contributed by atoms with E-state index in [2.05, 4.69) is 23.3 Å². The van der Waals surface area contributed by atoms with Crippen molar-refractivity contribution in [3.8, 4) is 17.2 Å². The Labute approximate surface area is 247 Å². The molecule has 1 amide bonds. The van der Waals surface area contributed by atoms with Gasteiger partial charge in [0.2, 0.25) is 5.91 Å². The summed E-state index contributed by atoms with van der Waals surface area (Å²) in [7, 11) is 1.67. The van der Waals surface area contributed by atoms with Gasteiger partial charge >= 0.3 is 0 Å². The molecule has 1 aromatic carbocycles. The molecule has 0 aromatic heterocycles. The molecule has 1 spiro atoms. The first-order chi connectivity index (χ1) is 20.0. The molecule has 2 heterocycles. The largest absolute Gasteiger partial charge is 0.508 e. The molecule has 0 unspecified atom stereocenters. The quantitative estimate of drug-likeness (QED) is 0.224. The third-order valence-electron chi connectivity index (χ3n) is 11.5. The van der Waals surface area contributed by atoms with Crippen LogP contribution in [0.2, 0.25) is 0 Å². The van der Waals surface area contributed by atoms with Crippen molar-refractivity contribution in [2.45, 2.75) is 127 Å². The van der Waals surface area contributed by atoms with Gasteiger partial charge in [-0.1, -0.05) is 64.4 Å². The monoisotopic (exact) mass is 564 g/mol. The first-order valence-electron chi connectivity index (χ1n) is 16.8.